The smallest absolute Gasteiger partial charge is 0.308 e. The van der Waals surface area contributed by atoms with Crippen molar-refractivity contribution >= 4 is 66.8 Å². The highest BCUT2D eigenvalue weighted by molar-refractivity contribution is 8.76. The number of rotatable bonds is 24. The maximum Gasteiger partial charge on any atom is 0.308 e. The number of thiocarbonyl (C=S) groups is 1. The van der Waals surface area contributed by atoms with E-state index in [-0.39, 0.29) is 37.6 Å². The Morgan fingerprint density at radius 2 is 1.47 bits per heavy atom. The summed E-state index contributed by atoms with van der Waals surface area (Å²) in [5.41, 5.74) is 1.73. The van der Waals surface area contributed by atoms with Crippen LogP contribution in [0.3, 0.4) is 0 Å². The van der Waals surface area contributed by atoms with Gasteiger partial charge in [-0.1, -0.05) is 79.0 Å². The van der Waals surface area contributed by atoms with Gasteiger partial charge in [-0.25, -0.2) is 4.98 Å². The number of ether oxygens (including phenoxy) is 7. The summed E-state index contributed by atoms with van der Waals surface area (Å²) in [6.07, 6.45) is -13.7. The molecule has 2 unspecified atom stereocenters. The van der Waals surface area contributed by atoms with Crippen LogP contribution in [0, 0.1) is 5.92 Å². The summed E-state index contributed by atoms with van der Waals surface area (Å²) < 4.78 is 39.7. The summed E-state index contributed by atoms with van der Waals surface area (Å²) in [4.78, 5) is 17.2. The van der Waals surface area contributed by atoms with Gasteiger partial charge in [-0.2, -0.15) is 0 Å². The summed E-state index contributed by atoms with van der Waals surface area (Å²) in [6, 6.07) is 13.4. The predicted octanol–water partition coefficient (Wildman–Crippen LogP) is 2.08. The molecule has 4 rings (SSSR count). The zero-order valence-electron chi connectivity index (χ0n) is 32.7. The molecule has 12 atom stereocenters. The van der Waals surface area contributed by atoms with Gasteiger partial charge in [0.2, 0.25) is 0 Å². The van der Waals surface area contributed by atoms with Crippen LogP contribution in [0.15, 0.2) is 53.7 Å². The number of esters is 1. The molecule has 1 aromatic heterocycles. The predicted molar refractivity (Wildman–Crippen MR) is 228 cm³/mol. The molecule has 59 heavy (non-hydrogen) atoms. The lowest BCUT2D eigenvalue weighted by Crippen LogP contribution is -2.63. The zero-order chi connectivity index (χ0) is 42.7. The van der Waals surface area contributed by atoms with E-state index in [0.717, 1.165) is 31.2 Å². The summed E-state index contributed by atoms with van der Waals surface area (Å²) >= 11 is 8.68. The van der Waals surface area contributed by atoms with Crippen LogP contribution < -0.4 is 0 Å². The molecule has 0 amide bonds. The third-order valence-electron chi connectivity index (χ3n) is 9.10. The first-order valence-electron chi connectivity index (χ1n) is 19.1. The van der Waals surface area contributed by atoms with Gasteiger partial charge < -0.3 is 68.9 Å². The Morgan fingerprint density at radius 1 is 0.831 bits per heavy atom. The molecule has 2 aliphatic rings. The Hall–Kier alpha value is -1.19. The number of aliphatic hydroxyl groups excluding tert-OH is 7. The number of aromatic nitrogens is 1. The second-order valence-corrected chi connectivity index (χ2v) is 19.6. The standard InChI is InChI=1S/C38H55NO15S5/c1-3-56-38(55)58-27(18-22(2)35(47)51-15-14-48-12-13-49-16-17-57-59-28-6-4-5-11-39-28)24-9-7-23(8-10-24)20-50-21-26-30(42)32(44)34(46)37(53-26)54-36-33(45)31(43)29(41)25(19-40)52-36/h4-11,22,25-27,29-34,36-37,40-46H,3,12-21H2,1-2H3/t22?,25-,26-,27?,29-,30-,31+,32+,33-,34-,36-,37-/m1/s1. The topological polar surface area (TPSA) is 236 Å². The molecular weight excluding hydrogens is 871 g/mol. The van der Waals surface area contributed by atoms with Crippen LogP contribution in [0.5, 0.6) is 0 Å². The third-order valence-corrected chi connectivity index (χ3v) is 14.1. The lowest BCUT2D eigenvalue weighted by atomic mass is 9.98. The maximum absolute atomic E-state index is 12.9. The minimum atomic E-state index is -1.77. The van der Waals surface area contributed by atoms with Gasteiger partial charge in [-0.15, -0.1) is 11.8 Å². The van der Waals surface area contributed by atoms with Gasteiger partial charge in [-0.05, 0) is 46.2 Å². The van der Waals surface area contributed by atoms with Crippen molar-refractivity contribution in [2.24, 2.45) is 5.92 Å². The molecule has 0 aliphatic carbocycles. The van der Waals surface area contributed by atoms with E-state index in [1.165, 1.54) is 11.8 Å². The van der Waals surface area contributed by atoms with Crippen molar-refractivity contribution < 1.29 is 73.7 Å². The van der Waals surface area contributed by atoms with Crippen LogP contribution >= 0.6 is 57.3 Å². The van der Waals surface area contributed by atoms with Gasteiger partial charge >= 0.3 is 5.97 Å². The van der Waals surface area contributed by atoms with Gasteiger partial charge in [0, 0.05) is 17.2 Å². The van der Waals surface area contributed by atoms with Crippen LogP contribution in [0.25, 0.3) is 0 Å². The van der Waals surface area contributed by atoms with E-state index in [2.05, 4.69) is 4.98 Å². The first-order valence-corrected chi connectivity index (χ1v) is 23.7. The van der Waals surface area contributed by atoms with Gasteiger partial charge in [0.15, 0.2) is 12.6 Å². The van der Waals surface area contributed by atoms with Gasteiger partial charge in [-0.3, -0.25) is 4.79 Å². The second-order valence-electron chi connectivity index (χ2n) is 13.5. The minimum Gasteiger partial charge on any atom is -0.463 e. The monoisotopic (exact) mass is 925 g/mol. The SMILES string of the molecule is CCSC(=S)SC(CC(C)C(=O)OCCOCCOCCSSc1ccccn1)c1ccc(COC[C@H]2O[C@H](O[C@H]3O[C@H](CO)[C@@H](O)[C@H](O)[C@H]3O)[C@H](O)[C@@H](O)[C@@H]2O)cc1. The van der Waals surface area contributed by atoms with Crippen LogP contribution in [0.4, 0.5) is 0 Å². The molecule has 16 nitrogen and oxygen atoms in total. The molecule has 2 saturated heterocycles. The number of aliphatic hydroxyl groups is 7. The summed E-state index contributed by atoms with van der Waals surface area (Å²) in [7, 11) is 3.28. The van der Waals surface area contributed by atoms with E-state index in [4.69, 9.17) is 45.4 Å². The number of hydrogen-bond donors (Lipinski definition) is 7. The average Bonchev–Trinajstić information content (AvgIpc) is 3.23. The number of nitrogens with zero attached hydrogens (tertiary/aromatic N) is 1. The van der Waals surface area contributed by atoms with Crippen molar-refractivity contribution in [2.45, 2.75) is 98.6 Å². The van der Waals surface area contributed by atoms with E-state index in [9.17, 15) is 40.5 Å². The van der Waals surface area contributed by atoms with E-state index >= 15 is 0 Å². The van der Waals surface area contributed by atoms with E-state index in [1.807, 2.05) is 56.3 Å². The molecule has 2 aliphatic heterocycles. The number of thioether (sulfide) groups is 2. The number of carbonyl (C=O) groups is 1. The fourth-order valence-electron chi connectivity index (χ4n) is 5.79. The summed E-state index contributed by atoms with van der Waals surface area (Å²) in [6.45, 7) is 4.83. The molecule has 0 saturated carbocycles. The van der Waals surface area contributed by atoms with Crippen molar-refractivity contribution in [2.75, 3.05) is 57.8 Å². The molecule has 1 aromatic carbocycles. The average molecular weight is 926 g/mol. The molecule has 21 heteroatoms. The van der Waals surface area contributed by atoms with Gasteiger partial charge in [0.1, 0.15) is 64.0 Å². The third kappa shape index (κ3) is 16.5. The van der Waals surface area contributed by atoms with Crippen molar-refractivity contribution in [3.63, 3.8) is 0 Å². The normalized spacial score (nSPS) is 28.2. The minimum absolute atomic E-state index is 0.0908. The molecule has 0 spiro atoms. The van der Waals surface area contributed by atoms with Crippen LogP contribution in [-0.4, -0.2) is 169 Å². The highest BCUT2D eigenvalue weighted by Gasteiger charge is 2.49. The number of carbonyl (C=O) groups excluding carboxylic acids is 1. The Bertz CT molecular complexity index is 1510. The highest BCUT2D eigenvalue weighted by atomic mass is 33.1. The zero-order valence-corrected chi connectivity index (χ0v) is 36.8. The van der Waals surface area contributed by atoms with Crippen LogP contribution in [-0.2, 0) is 44.6 Å². The molecule has 0 radical (unpaired) electrons. The van der Waals surface area contributed by atoms with Crippen molar-refractivity contribution in [1.29, 1.82) is 0 Å². The molecule has 0 bridgehead atoms. The van der Waals surface area contributed by atoms with Crippen LogP contribution in [0.1, 0.15) is 36.6 Å². The highest BCUT2D eigenvalue weighted by Crippen LogP contribution is 2.39. The van der Waals surface area contributed by atoms with Crippen molar-refractivity contribution in [3.8, 4) is 0 Å². The largest absolute Gasteiger partial charge is 0.463 e. The molecular formula is C38H55NO15S5. The van der Waals surface area contributed by atoms with Crippen molar-refractivity contribution in [1.82, 2.24) is 4.98 Å². The number of hydrogen-bond acceptors (Lipinski definition) is 21. The molecule has 3 heterocycles. The molecule has 2 fully saturated rings. The summed E-state index contributed by atoms with van der Waals surface area (Å²) in [5.74, 6) is 0.886. The molecule has 7 N–H and O–H groups in total. The number of benzene rings is 1. The lowest BCUT2D eigenvalue weighted by Gasteiger charge is -2.44. The Balaban J connectivity index is 1.19. The second kappa shape index (κ2) is 27.1. The first-order chi connectivity index (χ1) is 28.4. The van der Waals surface area contributed by atoms with Crippen LogP contribution in [0.2, 0.25) is 0 Å². The van der Waals surface area contributed by atoms with E-state index in [0.29, 0.717) is 26.2 Å². The number of pyridine rings is 1. The fraction of sp³-hybridized carbons (Fsp3) is 0.658. The molecule has 2 aromatic rings. The Labute approximate surface area is 365 Å². The summed E-state index contributed by atoms with van der Waals surface area (Å²) in [5, 5.41) is 72.3. The van der Waals surface area contributed by atoms with Gasteiger partial charge in [0.25, 0.3) is 0 Å². The first kappa shape index (κ1) is 50.5. The fourth-order valence-corrected chi connectivity index (χ4v) is 10.4. The quantitative estimate of drug-likeness (QED) is 0.0346. The van der Waals surface area contributed by atoms with Crippen molar-refractivity contribution in [3.05, 3.63) is 59.8 Å². The molecule has 332 valence electrons. The maximum atomic E-state index is 12.9. The van der Waals surface area contributed by atoms with E-state index in [1.54, 1.807) is 39.5 Å². The van der Waals surface area contributed by atoms with Gasteiger partial charge in [0.05, 0.1) is 52.2 Å². The Kier molecular flexibility index (Phi) is 23.2. The van der Waals surface area contributed by atoms with E-state index < -0.39 is 73.9 Å². The lowest BCUT2D eigenvalue weighted by molar-refractivity contribution is -0.377. The Morgan fingerprint density at radius 3 is 2.12 bits per heavy atom.